The summed E-state index contributed by atoms with van der Waals surface area (Å²) in [5.74, 6) is 1.71. The second kappa shape index (κ2) is 10.2. The highest BCUT2D eigenvalue weighted by Crippen LogP contribution is 1.95. The number of amides is 2. The lowest BCUT2D eigenvalue weighted by Crippen LogP contribution is -2.38. The van der Waals surface area contributed by atoms with E-state index in [0.717, 1.165) is 37.7 Å². The monoisotopic (exact) mass is 274 g/mol. The standard InChI is InChI=1S/C11H22N4O2S/c16-10-9-11(17)15-4-2-13-6-8-18-7-5-12-1-3-14-10/h12-13H,1-9H2,(H,14,16)(H,15,17). The number of thioether (sulfide) groups is 1. The van der Waals surface area contributed by atoms with Crippen LogP contribution in [-0.2, 0) is 9.59 Å². The Bertz CT molecular complexity index is 239. The van der Waals surface area contributed by atoms with Crippen molar-refractivity contribution in [2.45, 2.75) is 6.42 Å². The molecule has 0 bridgehead atoms. The van der Waals surface area contributed by atoms with Gasteiger partial charge in [0.2, 0.25) is 11.8 Å². The van der Waals surface area contributed by atoms with Gasteiger partial charge in [-0.2, -0.15) is 11.8 Å². The predicted octanol–water partition coefficient (Wildman–Crippen LogP) is -1.47. The van der Waals surface area contributed by atoms with Crippen molar-refractivity contribution in [2.24, 2.45) is 0 Å². The summed E-state index contributed by atoms with van der Waals surface area (Å²) in [7, 11) is 0. The van der Waals surface area contributed by atoms with Crippen molar-refractivity contribution in [1.29, 1.82) is 0 Å². The van der Waals surface area contributed by atoms with E-state index in [0.29, 0.717) is 13.1 Å². The molecule has 0 aliphatic carbocycles. The van der Waals surface area contributed by atoms with Gasteiger partial charge in [0.25, 0.3) is 0 Å². The maximum atomic E-state index is 11.4. The van der Waals surface area contributed by atoms with Crippen molar-refractivity contribution in [3.8, 4) is 0 Å². The zero-order valence-electron chi connectivity index (χ0n) is 10.6. The first-order valence-electron chi connectivity index (χ1n) is 6.31. The minimum atomic E-state index is -0.219. The maximum Gasteiger partial charge on any atom is 0.229 e. The molecule has 1 saturated heterocycles. The van der Waals surface area contributed by atoms with Crippen LogP contribution in [0.4, 0.5) is 0 Å². The van der Waals surface area contributed by atoms with Crippen LogP contribution in [0, 0.1) is 0 Å². The highest BCUT2D eigenvalue weighted by atomic mass is 32.2. The first kappa shape index (κ1) is 15.3. The summed E-state index contributed by atoms with van der Waals surface area (Å²) in [5, 5.41) is 11.9. The van der Waals surface area contributed by atoms with E-state index in [2.05, 4.69) is 21.3 Å². The molecule has 0 aromatic heterocycles. The molecule has 0 atom stereocenters. The van der Waals surface area contributed by atoms with Gasteiger partial charge >= 0.3 is 0 Å². The fourth-order valence-corrected chi connectivity index (χ4v) is 2.27. The molecule has 2 amide bonds. The Morgan fingerprint density at radius 1 is 0.722 bits per heavy atom. The van der Waals surface area contributed by atoms with Gasteiger partial charge in [-0.15, -0.1) is 0 Å². The molecular formula is C11H22N4O2S. The maximum absolute atomic E-state index is 11.4. The molecule has 4 N–H and O–H groups in total. The number of hydrogen-bond donors (Lipinski definition) is 4. The molecule has 0 radical (unpaired) electrons. The quantitative estimate of drug-likeness (QED) is 0.406. The highest BCUT2D eigenvalue weighted by molar-refractivity contribution is 7.99. The third-order valence-electron chi connectivity index (χ3n) is 2.42. The van der Waals surface area contributed by atoms with Gasteiger partial charge in [0.05, 0.1) is 0 Å². The van der Waals surface area contributed by atoms with Crippen LogP contribution < -0.4 is 21.3 Å². The second-order valence-electron chi connectivity index (χ2n) is 3.99. The van der Waals surface area contributed by atoms with Gasteiger partial charge in [-0.05, 0) is 0 Å². The molecule has 0 aromatic carbocycles. The molecule has 104 valence electrons. The van der Waals surface area contributed by atoms with E-state index in [4.69, 9.17) is 0 Å². The summed E-state index contributed by atoms with van der Waals surface area (Å²) in [6.07, 6.45) is -0.0874. The molecular weight excluding hydrogens is 252 g/mol. The lowest BCUT2D eigenvalue weighted by atomic mass is 10.3. The van der Waals surface area contributed by atoms with Crippen LogP contribution in [0.3, 0.4) is 0 Å². The molecule has 1 aliphatic heterocycles. The number of hydrogen-bond acceptors (Lipinski definition) is 5. The Labute approximate surface area is 112 Å². The lowest BCUT2D eigenvalue weighted by molar-refractivity contribution is -0.129. The van der Waals surface area contributed by atoms with Gasteiger partial charge in [-0.3, -0.25) is 9.59 Å². The zero-order chi connectivity index (χ0) is 13.1. The summed E-state index contributed by atoms with van der Waals surface area (Å²) in [5.41, 5.74) is 0. The van der Waals surface area contributed by atoms with Crippen LogP contribution in [0.1, 0.15) is 6.42 Å². The van der Waals surface area contributed by atoms with Gasteiger partial charge in [-0.25, -0.2) is 0 Å². The number of carbonyl (C=O) groups excluding carboxylic acids is 2. The first-order chi connectivity index (χ1) is 8.79. The van der Waals surface area contributed by atoms with Crippen LogP contribution in [0.2, 0.25) is 0 Å². The lowest BCUT2D eigenvalue weighted by Gasteiger charge is -2.10. The largest absolute Gasteiger partial charge is 0.354 e. The van der Waals surface area contributed by atoms with Crippen LogP contribution in [-0.4, -0.2) is 62.6 Å². The van der Waals surface area contributed by atoms with Crippen molar-refractivity contribution in [3.63, 3.8) is 0 Å². The molecule has 7 heteroatoms. The van der Waals surface area contributed by atoms with Crippen molar-refractivity contribution in [1.82, 2.24) is 21.3 Å². The highest BCUT2D eigenvalue weighted by Gasteiger charge is 2.07. The van der Waals surface area contributed by atoms with Gasteiger partial charge in [-0.1, -0.05) is 0 Å². The van der Waals surface area contributed by atoms with Crippen LogP contribution >= 0.6 is 11.8 Å². The summed E-state index contributed by atoms with van der Waals surface area (Å²) < 4.78 is 0. The third kappa shape index (κ3) is 8.32. The van der Waals surface area contributed by atoms with E-state index < -0.39 is 0 Å². The molecule has 0 spiro atoms. The molecule has 6 nitrogen and oxygen atoms in total. The average molecular weight is 274 g/mol. The molecule has 1 heterocycles. The van der Waals surface area contributed by atoms with Crippen molar-refractivity contribution in [2.75, 3.05) is 50.8 Å². The Morgan fingerprint density at radius 2 is 1.22 bits per heavy atom. The average Bonchev–Trinajstić information content (AvgIpc) is 2.33. The van der Waals surface area contributed by atoms with Crippen LogP contribution in [0.15, 0.2) is 0 Å². The predicted molar refractivity (Wildman–Crippen MR) is 73.7 cm³/mol. The van der Waals surface area contributed by atoms with Gasteiger partial charge in [0.15, 0.2) is 0 Å². The van der Waals surface area contributed by atoms with E-state index in [1.165, 1.54) is 0 Å². The molecule has 1 fully saturated rings. The summed E-state index contributed by atoms with van der Waals surface area (Å²) in [6, 6.07) is 0. The molecule has 0 saturated carbocycles. The fraction of sp³-hybridized carbons (Fsp3) is 0.818. The SMILES string of the molecule is O=C1CC(=O)NCCNCCSCCNCCN1. The van der Waals surface area contributed by atoms with Gasteiger partial charge in [0, 0.05) is 50.8 Å². The van der Waals surface area contributed by atoms with Crippen molar-refractivity contribution in [3.05, 3.63) is 0 Å². The Morgan fingerprint density at radius 3 is 1.72 bits per heavy atom. The summed E-state index contributed by atoms with van der Waals surface area (Å²) >= 11 is 1.89. The summed E-state index contributed by atoms with van der Waals surface area (Å²) in [4.78, 5) is 22.7. The molecule has 1 rings (SSSR count). The van der Waals surface area contributed by atoms with E-state index in [-0.39, 0.29) is 18.2 Å². The fourth-order valence-electron chi connectivity index (χ4n) is 1.49. The number of rotatable bonds is 0. The molecule has 18 heavy (non-hydrogen) atoms. The molecule has 0 unspecified atom stereocenters. The Hall–Kier alpha value is -0.790. The third-order valence-corrected chi connectivity index (χ3v) is 3.40. The smallest absolute Gasteiger partial charge is 0.229 e. The molecule has 0 aromatic rings. The van der Waals surface area contributed by atoms with E-state index in [9.17, 15) is 9.59 Å². The van der Waals surface area contributed by atoms with Gasteiger partial charge in [0.1, 0.15) is 6.42 Å². The van der Waals surface area contributed by atoms with Crippen molar-refractivity contribution < 1.29 is 9.59 Å². The van der Waals surface area contributed by atoms with E-state index in [1.54, 1.807) is 0 Å². The van der Waals surface area contributed by atoms with E-state index in [1.807, 2.05) is 11.8 Å². The van der Waals surface area contributed by atoms with Crippen LogP contribution in [0.5, 0.6) is 0 Å². The number of nitrogens with one attached hydrogen (secondary N) is 4. The molecule has 1 aliphatic rings. The normalized spacial score (nSPS) is 22.0. The zero-order valence-corrected chi connectivity index (χ0v) is 11.4. The van der Waals surface area contributed by atoms with Crippen LogP contribution in [0.25, 0.3) is 0 Å². The topological polar surface area (TPSA) is 82.3 Å². The minimum absolute atomic E-state index is 0.0874. The minimum Gasteiger partial charge on any atom is -0.354 e. The first-order valence-corrected chi connectivity index (χ1v) is 7.47. The Kier molecular flexibility index (Phi) is 8.62. The second-order valence-corrected chi connectivity index (χ2v) is 5.21. The van der Waals surface area contributed by atoms with E-state index >= 15 is 0 Å². The van der Waals surface area contributed by atoms with Crippen molar-refractivity contribution >= 4 is 23.6 Å². The summed E-state index contributed by atoms with van der Waals surface area (Å²) in [6.45, 7) is 4.51. The number of carbonyl (C=O) groups is 2. The Balaban J connectivity index is 2.23. The van der Waals surface area contributed by atoms with Gasteiger partial charge < -0.3 is 21.3 Å².